The number of carbonyl (C=O) groups excluding carboxylic acids is 2. The molecule has 0 saturated heterocycles. The molecule has 0 saturated carbocycles. The summed E-state index contributed by atoms with van der Waals surface area (Å²) in [5.41, 5.74) is 2.31. The molecule has 1 aliphatic carbocycles. The van der Waals surface area contributed by atoms with E-state index >= 15 is 0 Å². The molecule has 2 rings (SSSR count). The molecule has 0 radical (unpaired) electrons. The van der Waals surface area contributed by atoms with E-state index in [2.05, 4.69) is 4.98 Å². The maximum Gasteiger partial charge on any atom is 0.205 e. The molecular formula is C11H9NO2. The first-order valence-electron chi connectivity index (χ1n) is 4.34. The van der Waals surface area contributed by atoms with Crippen LogP contribution in [0.3, 0.4) is 0 Å². The Labute approximate surface area is 81.5 Å². The van der Waals surface area contributed by atoms with Crippen LogP contribution in [0.1, 0.15) is 32.1 Å². The van der Waals surface area contributed by atoms with Gasteiger partial charge in [-0.15, -0.1) is 0 Å². The van der Waals surface area contributed by atoms with Crippen molar-refractivity contribution < 1.29 is 9.59 Å². The van der Waals surface area contributed by atoms with E-state index in [1.807, 2.05) is 19.9 Å². The van der Waals surface area contributed by atoms with Crippen LogP contribution >= 0.6 is 0 Å². The van der Waals surface area contributed by atoms with E-state index in [0.717, 1.165) is 11.3 Å². The molecule has 0 aliphatic heterocycles. The van der Waals surface area contributed by atoms with Crippen LogP contribution in [-0.4, -0.2) is 16.6 Å². The summed E-state index contributed by atoms with van der Waals surface area (Å²) in [6.07, 6.45) is 2.57. The molecule has 14 heavy (non-hydrogen) atoms. The lowest BCUT2D eigenvalue weighted by Gasteiger charge is -2.11. The van der Waals surface area contributed by atoms with Crippen molar-refractivity contribution in [3.63, 3.8) is 0 Å². The SMILES string of the molecule is Cc1cc(C)c2c(n1)C(=O)C=CC2=O. The van der Waals surface area contributed by atoms with Gasteiger partial charge in [0.15, 0.2) is 5.78 Å². The van der Waals surface area contributed by atoms with Gasteiger partial charge in [0.25, 0.3) is 0 Å². The van der Waals surface area contributed by atoms with Crippen LogP contribution in [0.4, 0.5) is 0 Å². The highest BCUT2D eigenvalue weighted by atomic mass is 16.1. The van der Waals surface area contributed by atoms with E-state index in [0.29, 0.717) is 5.56 Å². The molecule has 1 heterocycles. The molecule has 1 aliphatic rings. The zero-order chi connectivity index (χ0) is 10.3. The number of rotatable bonds is 0. The minimum absolute atomic E-state index is 0.135. The van der Waals surface area contributed by atoms with Crippen molar-refractivity contribution in [3.05, 3.63) is 40.7 Å². The third-order valence-electron chi connectivity index (χ3n) is 2.21. The topological polar surface area (TPSA) is 47.0 Å². The van der Waals surface area contributed by atoms with Gasteiger partial charge in [0.2, 0.25) is 5.78 Å². The summed E-state index contributed by atoms with van der Waals surface area (Å²) < 4.78 is 0. The second kappa shape index (κ2) is 2.87. The Hall–Kier alpha value is -1.77. The molecule has 0 N–H and O–H groups in total. The Morgan fingerprint density at radius 3 is 2.43 bits per heavy atom. The molecule has 0 unspecified atom stereocenters. The van der Waals surface area contributed by atoms with E-state index in [1.54, 1.807) is 0 Å². The van der Waals surface area contributed by atoms with Gasteiger partial charge in [0, 0.05) is 5.69 Å². The van der Waals surface area contributed by atoms with E-state index in [4.69, 9.17) is 0 Å². The molecule has 3 nitrogen and oxygen atoms in total. The van der Waals surface area contributed by atoms with Gasteiger partial charge in [-0.25, -0.2) is 4.98 Å². The molecule has 70 valence electrons. The van der Waals surface area contributed by atoms with Crippen LogP contribution in [0.25, 0.3) is 0 Å². The number of allylic oxidation sites excluding steroid dienone is 2. The van der Waals surface area contributed by atoms with Gasteiger partial charge >= 0.3 is 0 Å². The zero-order valence-corrected chi connectivity index (χ0v) is 8.00. The molecule has 0 spiro atoms. The van der Waals surface area contributed by atoms with Gasteiger partial charge in [0.1, 0.15) is 5.69 Å². The van der Waals surface area contributed by atoms with E-state index in [9.17, 15) is 9.59 Å². The molecular weight excluding hydrogens is 178 g/mol. The number of hydrogen-bond donors (Lipinski definition) is 0. The minimum Gasteiger partial charge on any atom is -0.289 e. The third-order valence-corrected chi connectivity index (χ3v) is 2.21. The monoisotopic (exact) mass is 187 g/mol. The molecule has 3 heteroatoms. The van der Waals surface area contributed by atoms with Gasteiger partial charge in [0.05, 0.1) is 5.56 Å². The van der Waals surface area contributed by atoms with Crippen molar-refractivity contribution in [2.75, 3.05) is 0 Å². The van der Waals surface area contributed by atoms with E-state index in [-0.39, 0.29) is 17.3 Å². The van der Waals surface area contributed by atoms with Crippen molar-refractivity contribution in [2.24, 2.45) is 0 Å². The normalized spacial score (nSPS) is 14.4. The Bertz CT molecular complexity index is 472. The first-order chi connectivity index (χ1) is 6.59. The van der Waals surface area contributed by atoms with E-state index < -0.39 is 0 Å². The standard InChI is InChI=1S/C11H9NO2/c1-6-5-7(2)12-11-9(14)4-3-8(13)10(6)11/h3-5H,1-2H3. The lowest BCUT2D eigenvalue weighted by atomic mass is 9.95. The molecule has 0 aromatic carbocycles. The first-order valence-corrected chi connectivity index (χ1v) is 4.34. The van der Waals surface area contributed by atoms with Crippen molar-refractivity contribution in [2.45, 2.75) is 13.8 Å². The summed E-state index contributed by atoms with van der Waals surface area (Å²) in [5, 5.41) is 0. The Balaban J connectivity index is 2.78. The van der Waals surface area contributed by atoms with Crippen LogP contribution in [0, 0.1) is 13.8 Å². The molecule has 1 aromatic heterocycles. The summed E-state index contributed by atoms with van der Waals surface area (Å²) in [6, 6.07) is 1.81. The van der Waals surface area contributed by atoms with Crippen LogP contribution in [0.15, 0.2) is 18.2 Å². The molecule has 0 fully saturated rings. The highest BCUT2D eigenvalue weighted by Gasteiger charge is 2.22. The quantitative estimate of drug-likeness (QED) is 0.620. The van der Waals surface area contributed by atoms with Crippen molar-refractivity contribution in [1.82, 2.24) is 4.98 Å². The lowest BCUT2D eigenvalue weighted by Crippen LogP contribution is -2.16. The van der Waals surface area contributed by atoms with Gasteiger partial charge in [-0.3, -0.25) is 9.59 Å². The highest BCUT2D eigenvalue weighted by molar-refractivity contribution is 6.21. The smallest absolute Gasteiger partial charge is 0.205 e. The van der Waals surface area contributed by atoms with Crippen LogP contribution in [0.5, 0.6) is 0 Å². The number of carbonyl (C=O) groups is 2. The summed E-state index contributed by atoms with van der Waals surface area (Å²) in [4.78, 5) is 27.0. The van der Waals surface area contributed by atoms with Gasteiger partial charge in [-0.05, 0) is 37.6 Å². The fourth-order valence-corrected chi connectivity index (χ4v) is 1.64. The summed E-state index contributed by atoms with van der Waals surface area (Å²) in [7, 11) is 0. The predicted octanol–water partition coefficient (Wildman–Crippen LogP) is 1.63. The Morgan fingerprint density at radius 1 is 1.07 bits per heavy atom. The Morgan fingerprint density at radius 2 is 1.71 bits per heavy atom. The van der Waals surface area contributed by atoms with Crippen molar-refractivity contribution in [3.8, 4) is 0 Å². The number of hydrogen-bond acceptors (Lipinski definition) is 3. The molecule has 0 bridgehead atoms. The number of aryl methyl sites for hydroxylation is 2. The maximum atomic E-state index is 11.5. The average molecular weight is 187 g/mol. The summed E-state index contributed by atoms with van der Waals surface area (Å²) >= 11 is 0. The predicted molar refractivity (Wildman–Crippen MR) is 51.5 cm³/mol. The molecule has 1 aromatic rings. The van der Waals surface area contributed by atoms with Crippen LogP contribution in [-0.2, 0) is 0 Å². The van der Waals surface area contributed by atoms with Crippen molar-refractivity contribution in [1.29, 1.82) is 0 Å². The number of pyridine rings is 1. The second-order valence-corrected chi connectivity index (χ2v) is 3.37. The fourth-order valence-electron chi connectivity index (χ4n) is 1.64. The lowest BCUT2D eigenvalue weighted by molar-refractivity contribution is 0.0989. The number of aromatic nitrogens is 1. The third kappa shape index (κ3) is 1.18. The number of nitrogens with zero attached hydrogens (tertiary/aromatic N) is 1. The molecule has 0 atom stereocenters. The Kier molecular flexibility index (Phi) is 1.81. The van der Waals surface area contributed by atoms with Crippen molar-refractivity contribution >= 4 is 11.6 Å². The molecule has 0 amide bonds. The highest BCUT2D eigenvalue weighted by Crippen LogP contribution is 2.19. The van der Waals surface area contributed by atoms with Gasteiger partial charge in [-0.2, -0.15) is 0 Å². The second-order valence-electron chi connectivity index (χ2n) is 3.37. The van der Waals surface area contributed by atoms with Gasteiger partial charge < -0.3 is 0 Å². The summed E-state index contributed by atoms with van der Waals surface area (Å²) in [6.45, 7) is 3.63. The maximum absolute atomic E-state index is 11.5. The van der Waals surface area contributed by atoms with Crippen LogP contribution < -0.4 is 0 Å². The zero-order valence-electron chi connectivity index (χ0n) is 8.00. The summed E-state index contributed by atoms with van der Waals surface area (Å²) in [5.74, 6) is -0.323. The van der Waals surface area contributed by atoms with E-state index in [1.165, 1.54) is 12.2 Å². The largest absolute Gasteiger partial charge is 0.289 e. The van der Waals surface area contributed by atoms with Gasteiger partial charge in [-0.1, -0.05) is 0 Å². The number of fused-ring (bicyclic) bond motifs is 1. The number of ketones is 2. The van der Waals surface area contributed by atoms with Crippen LogP contribution in [0.2, 0.25) is 0 Å². The average Bonchev–Trinajstić information content (AvgIpc) is 2.10. The fraction of sp³-hybridized carbons (Fsp3) is 0.182. The first kappa shape index (κ1) is 8.81. The minimum atomic E-state index is -0.189.